The molecule has 0 spiro atoms. The molecular weight excluding hydrogens is 538 g/mol. The Hall–Kier alpha value is -3.40. The summed E-state index contributed by atoms with van der Waals surface area (Å²) >= 11 is 0. The first kappa shape index (κ1) is 29.1. The summed E-state index contributed by atoms with van der Waals surface area (Å²) in [6, 6.07) is 22.2. The van der Waals surface area contributed by atoms with Gasteiger partial charge in [0.2, 0.25) is 0 Å². The number of benzene rings is 3. The van der Waals surface area contributed by atoms with Gasteiger partial charge in [-0.25, -0.2) is 8.42 Å². The van der Waals surface area contributed by atoms with Crippen LogP contribution in [0.3, 0.4) is 0 Å². The molecule has 2 fully saturated rings. The molecule has 3 aromatic rings. The van der Waals surface area contributed by atoms with Crippen molar-refractivity contribution in [2.75, 3.05) is 61.6 Å². The molecule has 5 rings (SSSR count). The Bertz CT molecular complexity index is 1400. The van der Waals surface area contributed by atoms with Gasteiger partial charge in [-0.3, -0.25) is 4.79 Å². The van der Waals surface area contributed by atoms with Gasteiger partial charge in [0.15, 0.2) is 9.84 Å². The number of aliphatic hydroxyl groups is 1. The minimum atomic E-state index is -3.31. The summed E-state index contributed by atoms with van der Waals surface area (Å²) in [5, 5.41) is 12.8. The molecule has 0 aromatic heterocycles. The van der Waals surface area contributed by atoms with E-state index in [1.54, 1.807) is 19.1 Å². The Kier molecular flexibility index (Phi) is 9.27. The fourth-order valence-corrected chi connectivity index (χ4v) is 6.49. The van der Waals surface area contributed by atoms with Crippen LogP contribution >= 0.6 is 0 Å². The van der Waals surface area contributed by atoms with E-state index in [4.69, 9.17) is 4.74 Å². The van der Waals surface area contributed by atoms with E-state index in [-0.39, 0.29) is 23.2 Å². The molecule has 218 valence electrons. The van der Waals surface area contributed by atoms with E-state index in [1.807, 2.05) is 24.3 Å². The van der Waals surface area contributed by atoms with Gasteiger partial charge in [-0.05, 0) is 78.4 Å². The number of nitrogens with zero attached hydrogens (tertiary/aromatic N) is 2. The average molecular weight is 578 g/mol. The molecule has 8 nitrogen and oxygen atoms in total. The van der Waals surface area contributed by atoms with Crippen LogP contribution in [0.2, 0.25) is 0 Å². The van der Waals surface area contributed by atoms with Crippen LogP contribution in [-0.4, -0.2) is 71.2 Å². The lowest BCUT2D eigenvalue weighted by Crippen LogP contribution is -2.36. The summed E-state index contributed by atoms with van der Waals surface area (Å²) in [6.45, 7) is 6.73. The summed E-state index contributed by atoms with van der Waals surface area (Å²) in [5.74, 6) is 0.307. The third kappa shape index (κ3) is 7.09. The molecule has 3 aromatic carbocycles. The average Bonchev–Trinajstić information content (AvgIpc) is 3.49. The highest BCUT2D eigenvalue weighted by atomic mass is 32.2. The fourth-order valence-electron chi connectivity index (χ4n) is 5.61. The number of nitrogens with one attached hydrogen (secondary N) is 1. The van der Waals surface area contributed by atoms with E-state index < -0.39 is 15.9 Å². The number of sulfone groups is 1. The topological polar surface area (TPSA) is 99.2 Å². The predicted octanol–water partition coefficient (Wildman–Crippen LogP) is 3.85. The minimum absolute atomic E-state index is 0.0180. The smallest absolute Gasteiger partial charge is 0.251 e. The highest BCUT2D eigenvalue weighted by molar-refractivity contribution is 7.91. The van der Waals surface area contributed by atoms with Crippen molar-refractivity contribution in [2.45, 2.75) is 30.7 Å². The van der Waals surface area contributed by atoms with Gasteiger partial charge in [-0.15, -0.1) is 0 Å². The zero-order chi connectivity index (χ0) is 28.8. The van der Waals surface area contributed by atoms with Crippen LogP contribution in [0.25, 0.3) is 0 Å². The van der Waals surface area contributed by atoms with E-state index in [1.165, 1.54) is 23.4 Å². The summed E-state index contributed by atoms with van der Waals surface area (Å²) < 4.78 is 29.6. The van der Waals surface area contributed by atoms with Crippen LogP contribution in [0.15, 0.2) is 77.7 Å². The number of anilines is 2. The summed E-state index contributed by atoms with van der Waals surface area (Å²) in [5.41, 5.74) is 4.87. The maximum atomic E-state index is 12.9. The molecule has 0 radical (unpaired) electrons. The van der Waals surface area contributed by atoms with Crippen molar-refractivity contribution < 1.29 is 23.1 Å². The van der Waals surface area contributed by atoms with Crippen LogP contribution in [0.5, 0.6) is 0 Å². The van der Waals surface area contributed by atoms with Crippen molar-refractivity contribution >= 4 is 27.1 Å². The molecule has 9 heteroatoms. The minimum Gasteiger partial charge on any atom is -0.394 e. The second kappa shape index (κ2) is 13.1. The number of amides is 1. The lowest BCUT2D eigenvalue weighted by Gasteiger charge is -2.29. The first-order chi connectivity index (χ1) is 19.9. The van der Waals surface area contributed by atoms with Gasteiger partial charge in [-0.2, -0.15) is 0 Å². The standard InChI is InChI=1S/C32H39N3O5S/c1-2-41(38,39)30-13-7-26(8-14-30)31(23-36)33-32(37)27-5-11-29(12-6-27)35-16-15-25(22-35)21-24-3-9-28(10-4-24)34-17-19-40-20-18-34/h3-14,25,31,36H,2,15-23H2,1H3,(H,33,37)/t25-,31+/m1/s1. The van der Waals surface area contributed by atoms with Gasteiger partial charge in [0.05, 0.1) is 36.5 Å². The van der Waals surface area contributed by atoms with Crippen LogP contribution in [-0.2, 0) is 21.0 Å². The maximum Gasteiger partial charge on any atom is 0.251 e. The molecule has 0 aliphatic carbocycles. The zero-order valence-electron chi connectivity index (χ0n) is 23.5. The van der Waals surface area contributed by atoms with Gasteiger partial charge >= 0.3 is 0 Å². The second-order valence-electron chi connectivity index (χ2n) is 10.8. The summed E-state index contributed by atoms with van der Waals surface area (Å²) in [4.78, 5) is 17.9. The Balaban J connectivity index is 1.14. The summed E-state index contributed by atoms with van der Waals surface area (Å²) in [6.07, 6.45) is 2.18. The molecule has 2 aliphatic heterocycles. The predicted molar refractivity (Wildman–Crippen MR) is 161 cm³/mol. The quantitative estimate of drug-likeness (QED) is 0.378. The third-order valence-electron chi connectivity index (χ3n) is 8.13. The third-order valence-corrected chi connectivity index (χ3v) is 9.88. The van der Waals surface area contributed by atoms with Crippen molar-refractivity contribution in [3.63, 3.8) is 0 Å². The lowest BCUT2D eigenvalue weighted by atomic mass is 9.98. The maximum absolute atomic E-state index is 12.9. The van der Waals surface area contributed by atoms with Crippen LogP contribution in [0.4, 0.5) is 11.4 Å². The number of morpholine rings is 1. The largest absolute Gasteiger partial charge is 0.394 e. The molecule has 2 N–H and O–H groups in total. The van der Waals surface area contributed by atoms with Gasteiger partial charge in [0, 0.05) is 43.1 Å². The van der Waals surface area contributed by atoms with Gasteiger partial charge < -0.3 is 25.0 Å². The first-order valence-electron chi connectivity index (χ1n) is 14.4. The van der Waals surface area contributed by atoms with Gasteiger partial charge in [0.25, 0.3) is 5.91 Å². The molecule has 0 unspecified atom stereocenters. The molecule has 0 saturated carbocycles. The van der Waals surface area contributed by atoms with Crippen molar-refractivity contribution in [1.82, 2.24) is 5.32 Å². The number of aliphatic hydroxyl groups excluding tert-OH is 1. The van der Waals surface area contributed by atoms with Gasteiger partial charge in [-0.1, -0.05) is 31.2 Å². The molecule has 2 saturated heterocycles. The van der Waals surface area contributed by atoms with Crippen LogP contribution in [0, 0.1) is 5.92 Å². The molecule has 41 heavy (non-hydrogen) atoms. The highest BCUT2D eigenvalue weighted by Gasteiger charge is 2.24. The molecular formula is C32H39N3O5S. The molecule has 1 amide bonds. The lowest BCUT2D eigenvalue weighted by molar-refractivity contribution is 0.0916. The first-order valence-corrected chi connectivity index (χ1v) is 16.0. The van der Waals surface area contributed by atoms with E-state index in [0.717, 1.165) is 57.9 Å². The molecule has 2 atom stereocenters. The number of hydrogen-bond acceptors (Lipinski definition) is 7. The number of carbonyl (C=O) groups is 1. The van der Waals surface area contributed by atoms with Crippen molar-refractivity contribution in [2.24, 2.45) is 5.92 Å². The Morgan fingerprint density at radius 2 is 1.56 bits per heavy atom. The SMILES string of the molecule is CCS(=O)(=O)c1ccc([C@H](CO)NC(=O)c2ccc(N3CC[C@H](Cc4ccc(N5CCOCC5)cc4)C3)cc2)cc1. The monoisotopic (exact) mass is 577 g/mol. The number of rotatable bonds is 10. The van der Waals surface area contributed by atoms with E-state index >= 15 is 0 Å². The fraction of sp³-hybridized carbons (Fsp3) is 0.406. The second-order valence-corrected chi connectivity index (χ2v) is 13.1. The Morgan fingerprint density at radius 1 is 0.927 bits per heavy atom. The van der Waals surface area contributed by atoms with Crippen molar-refractivity contribution in [1.29, 1.82) is 0 Å². The van der Waals surface area contributed by atoms with Crippen LogP contribution < -0.4 is 15.1 Å². The van der Waals surface area contributed by atoms with Crippen molar-refractivity contribution in [3.8, 4) is 0 Å². The van der Waals surface area contributed by atoms with Crippen LogP contribution in [0.1, 0.15) is 40.9 Å². The summed E-state index contributed by atoms with van der Waals surface area (Å²) in [7, 11) is -3.31. The molecule has 0 bridgehead atoms. The van der Waals surface area contributed by atoms with E-state index in [9.17, 15) is 18.3 Å². The number of carbonyl (C=O) groups excluding carboxylic acids is 1. The van der Waals surface area contributed by atoms with E-state index in [0.29, 0.717) is 17.0 Å². The van der Waals surface area contributed by atoms with Gasteiger partial charge in [0.1, 0.15) is 0 Å². The number of hydrogen-bond donors (Lipinski definition) is 2. The van der Waals surface area contributed by atoms with Crippen molar-refractivity contribution in [3.05, 3.63) is 89.5 Å². The molecule has 2 aliphatic rings. The van der Waals surface area contributed by atoms with E-state index in [2.05, 4.69) is 39.4 Å². The Morgan fingerprint density at radius 3 is 2.20 bits per heavy atom. The molecule has 2 heterocycles. The number of ether oxygens (including phenoxy) is 1. The normalized spacial score (nSPS) is 18.3. The Labute approximate surface area is 242 Å². The zero-order valence-corrected chi connectivity index (χ0v) is 24.4. The highest BCUT2D eigenvalue weighted by Crippen LogP contribution is 2.28.